The molecule has 0 saturated carbocycles. The van der Waals surface area contributed by atoms with E-state index in [4.69, 9.17) is 40.8 Å². The predicted molar refractivity (Wildman–Crippen MR) is 242 cm³/mol. The summed E-state index contributed by atoms with van der Waals surface area (Å²) in [6.45, 7) is 24.8. The molecule has 0 radical (unpaired) electrons. The summed E-state index contributed by atoms with van der Waals surface area (Å²) in [5.74, 6) is 4.03. The van der Waals surface area contributed by atoms with Crippen molar-refractivity contribution in [1.82, 2.24) is 24.8 Å². The number of piperazine rings is 1. The van der Waals surface area contributed by atoms with E-state index >= 15 is 4.39 Å². The number of benzene rings is 2. The number of amides is 1. The monoisotopic (exact) mass is 866 g/mol. The molecule has 2 aromatic heterocycles. The van der Waals surface area contributed by atoms with Crippen LogP contribution < -0.4 is 14.4 Å². The zero-order chi connectivity index (χ0) is 43.5. The zero-order valence-electron chi connectivity index (χ0n) is 36.3. The maximum atomic E-state index is 16.4. The third kappa shape index (κ3) is 7.53. The topological polar surface area (TPSA) is 113 Å². The van der Waals surface area contributed by atoms with Gasteiger partial charge in [-0.3, -0.25) is 14.8 Å². The second-order valence-electron chi connectivity index (χ2n) is 18.4. The Kier molecular flexibility index (Phi) is 11.6. The quantitative estimate of drug-likeness (QED) is 0.0677. The number of hydrogen-bond acceptors (Lipinski definition) is 9. The number of anilines is 1. The lowest BCUT2D eigenvalue weighted by molar-refractivity contribution is 0.0512. The summed E-state index contributed by atoms with van der Waals surface area (Å²) in [5.41, 5.74) is 8.36. The van der Waals surface area contributed by atoms with Crippen molar-refractivity contribution in [1.29, 1.82) is 0 Å². The Hall–Kier alpha value is -4.74. The minimum atomic E-state index is -2.27. The molecule has 1 N–H and O–H groups in total. The Morgan fingerprint density at radius 3 is 2.28 bits per heavy atom. The number of fused-ring (bicyclic) bond motifs is 5. The van der Waals surface area contributed by atoms with Gasteiger partial charge < -0.3 is 24.2 Å². The molecule has 8 rings (SSSR count). The van der Waals surface area contributed by atoms with E-state index in [-0.39, 0.29) is 41.0 Å². The molecular weight excluding hydrogens is 811 g/mol. The summed E-state index contributed by atoms with van der Waals surface area (Å²) in [6.07, 6.45) is 3.90. The molecule has 4 aromatic rings. The highest BCUT2D eigenvalue weighted by atomic mass is 35.5. The first-order valence-electron chi connectivity index (χ1n) is 21.3. The van der Waals surface area contributed by atoms with Gasteiger partial charge in [-0.05, 0) is 65.9 Å². The summed E-state index contributed by atoms with van der Waals surface area (Å²) in [6, 6.07) is 6.61. The van der Waals surface area contributed by atoms with Gasteiger partial charge >= 0.3 is 12.1 Å². The lowest BCUT2D eigenvalue weighted by Gasteiger charge is -2.40. The first kappa shape index (κ1) is 42.9. The van der Waals surface area contributed by atoms with E-state index in [1.54, 1.807) is 30.3 Å². The van der Waals surface area contributed by atoms with Crippen LogP contribution >= 0.6 is 11.6 Å². The van der Waals surface area contributed by atoms with Crippen molar-refractivity contribution in [3.05, 3.63) is 71.2 Å². The molecule has 11 nitrogen and oxygen atoms in total. The van der Waals surface area contributed by atoms with Crippen LogP contribution in [-0.4, -0.2) is 108 Å². The summed E-state index contributed by atoms with van der Waals surface area (Å²) in [7, 11) is -0.717. The van der Waals surface area contributed by atoms with Crippen LogP contribution in [0.4, 0.5) is 15.0 Å². The molecule has 4 fully saturated rings. The van der Waals surface area contributed by atoms with Gasteiger partial charge in [0.2, 0.25) is 0 Å². The highest BCUT2D eigenvalue weighted by Crippen LogP contribution is 2.46. The van der Waals surface area contributed by atoms with Crippen LogP contribution in [0.1, 0.15) is 72.8 Å². The third-order valence-electron chi connectivity index (χ3n) is 13.7. The molecule has 6 heterocycles. The average molecular weight is 868 g/mol. The maximum Gasteiger partial charge on any atom is 0.407 e. The molecule has 2 aromatic carbocycles. The molecule has 1 amide bonds. The zero-order valence-corrected chi connectivity index (χ0v) is 38.0. The van der Waals surface area contributed by atoms with Crippen LogP contribution in [0.2, 0.25) is 21.6 Å². The smallest absolute Gasteiger partial charge is 0.407 e. The van der Waals surface area contributed by atoms with Gasteiger partial charge in [-0.15, -0.1) is 5.54 Å². The molecule has 0 unspecified atom stereocenters. The van der Waals surface area contributed by atoms with Crippen LogP contribution in [0.25, 0.3) is 32.9 Å². The fourth-order valence-electron chi connectivity index (χ4n) is 11.1. The van der Waals surface area contributed by atoms with Crippen LogP contribution in [0.5, 0.6) is 11.8 Å². The number of ether oxygens (including phenoxy) is 3. The molecule has 14 heteroatoms. The van der Waals surface area contributed by atoms with E-state index in [1.165, 1.54) is 6.07 Å². The van der Waals surface area contributed by atoms with Gasteiger partial charge in [0, 0.05) is 50.4 Å². The van der Waals surface area contributed by atoms with Gasteiger partial charge in [0.05, 0.1) is 39.3 Å². The lowest BCUT2D eigenvalue weighted by atomic mass is 9.92. The maximum absolute atomic E-state index is 16.4. The van der Waals surface area contributed by atoms with Gasteiger partial charge in [-0.25, -0.2) is 9.18 Å². The minimum absolute atomic E-state index is 0.00298. The molecule has 322 valence electrons. The van der Waals surface area contributed by atoms with Gasteiger partial charge in [0.25, 0.3) is 0 Å². The fourth-order valence-corrected chi connectivity index (χ4v) is 16.6. The molecule has 4 aliphatic heterocycles. The summed E-state index contributed by atoms with van der Waals surface area (Å²) < 4.78 is 34.2. The van der Waals surface area contributed by atoms with E-state index in [2.05, 4.69) is 76.0 Å². The average Bonchev–Trinajstić information content (AvgIpc) is 3.78. The number of pyridine rings is 1. The highest BCUT2D eigenvalue weighted by molar-refractivity contribution is 6.90. The van der Waals surface area contributed by atoms with Crippen molar-refractivity contribution in [2.24, 2.45) is 0 Å². The molecule has 2 atom stereocenters. The largest absolute Gasteiger partial charge is 0.468 e. The first-order chi connectivity index (χ1) is 29.1. The molecule has 4 saturated heterocycles. The normalized spacial score (nSPS) is 20.1. The fraction of sp³-hybridized carbons (Fsp3) is 0.489. The number of hydrogen-bond donors (Lipinski definition) is 1. The summed E-state index contributed by atoms with van der Waals surface area (Å²) >= 11 is 7.54. The molecule has 2 bridgehead atoms. The van der Waals surface area contributed by atoms with Gasteiger partial charge in [-0.2, -0.15) is 9.97 Å². The Balaban J connectivity index is 1.31. The molecule has 4 aliphatic rings. The van der Waals surface area contributed by atoms with Gasteiger partial charge in [0.1, 0.15) is 37.6 Å². The Morgan fingerprint density at radius 2 is 1.67 bits per heavy atom. The number of nitrogens with zero attached hydrogens (tertiary/aromatic N) is 6. The van der Waals surface area contributed by atoms with Crippen LogP contribution in [-0.2, 0) is 4.74 Å². The number of carboxylic acid groups (broad SMARTS) is 1. The molecule has 0 spiro atoms. The van der Waals surface area contributed by atoms with Crippen LogP contribution in [0.15, 0.2) is 54.8 Å². The van der Waals surface area contributed by atoms with E-state index in [9.17, 15) is 9.90 Å². The van der Waals surface area contributed by atoms with Crippen molar-refractivity contribution < 1.29 is 28.5 Å². The predicted octanol–water partition coefficient (Wildman–Crippen LogP) is 9.86. The molecule has 61 heavy (non-hydrogen) atoms. The van der Waals surface area contributed by atoms with Crippen molar-refractivity contribution in [3.8, 4) is 34.5 Å². The number of rotatable bonds is 11. The number of halogens is 2. The minimum Gasteiger partial charge on any atom is -0.468 e. The summed E-state index contributed by atoms with van der Waals surface area (Å²) in [5, 5.41) is 12.1. The van der Waals surface area contributed by atoms with Crippen molar-refractivity contribution in [3.63, 3.8) is 0 Å². The SMILES string of the molecule is C=C1CN2CC(=C)CC2(COc2nc(N3C[C@H]4CC[C@@H](C3)N4C(=O)O)c3cnc(-c4cc(OCOC)cc5ccc(F)c(C#C[Si](C(C)C)(C(C)C)C(C)C)c45)c(Cl)c3n2)C1. The van der Waals surface area contributed by atoms with Crippen LogP contribution in [0.3, 0.4) is 0 Å². The highest BCUT2D eigenvalue weighted by Gasteiger charge is 2.49. The Bertz CT molecular complexity index is 2450. The van der Waals surface area contributed by atoms with E-state index in [0.29, 0.717) is 80.8 Å². The summed E-state index contributed by atoms with van der Waals surface area (Å²) in [4.78, 5) is 33.3. The Labute approximate surface area is 363 Å². The third-order valence-corrected chi connectivity index (χ3v) is 20.3. The standard InChI is InChI=1S/C47H56ClFN6O5Si/c1-27(2)61(28(3)4,29(5)6)15-14-36-39(49)13-10-32-16-35(60-26-58-9)17-37(40(32)36)42-41(48)43-38(20-50-42)44(53-23-33-11-12-34(24-53)55(33)46(56)57)52-45(51-43)59-25-47-18-30(7)21-54(47)22-31(8)19-47/h10,13,16-17,20,27-29,33-34H,7-8,11-12,18-19,21-26H2,1-6,9H3,(H,56,57)/t33-,34+. The second-order valence-corrected chi connectivity index (χ2v) is 24.4. The van der Waals surface area contributed by atoms with Crippen molar-refractivity contribution in [2.75, 3.05) is 51.6 Å². The van der Waals surface area contributed by atoms with Gasteiger partial charge in [0.15, 0.2) is 6.79 Å². The molecule has 0 aliphatic carbocycles. The molecular formula is C47H56ClFN6O5Si. The van der Waals surface area contributed by atoms with Crippen molar-refractivity contribution in [2.45, 2.75) is 101 Å². The number of carbonyl (C=O) groups is 1. The number of methoxy groups -OCH3 is 1. The first-order valence-corrected chi connectivity index (χ1v) is 23.9. The van der Waals surface area contributed by atoms with Crippen LogP contribution in [0, 0.1) is 17.3 Å². The van der Waals surface area contributed by atoms with Gasteiger partial charge in [-0.1, -0.05) is 89.4 Å². The lowest BCUT2D eigenvalue weighted by Crippen LogP contribution is -2.55. The van der Waals surface area contributed by atoms with E-state index < -0.39 is 20.0 Å². The second kappa shape index (κ2) is 16.5. The van der Waals surface area contributed by atoms with Crippen molar-refractivity contribution >= 4 is 53.3 Å². The van der Waals surface area contributed by atoms with E-state index in [1.807, 2.05) is 6.07 Å². The number of aromatic nitrogens is 3. The van der Waals surface area contributed by atoms with E-state index in [0.717, 1.165) is 49.9 Å². The Morgan fingerprint density at radius 1 is 1.02 bits per heavy atom.